The average molecular weight is 365 g/mol. The number of amides is 2. The van der Waals surface area contributed by atoms with Crippen LogP contribution in [0.2, 0.25) is 0 Å². The van der Waals surface area contributed by atoms with E-state index in [1.54, 1.807) is 18.2 Å². The third kappa shape index (κ3) is 6.88. The Kier molecular flexibility index (Phi) is 9.20. The van der Waals surface area contributed by atoms with Crippen LogP contribution in [-0.4, -0.2) is 38.0 Å². The molecule has 0 aliphatic carbocycles. The number of nitrogens with one attached hydrogen (secondary N) is 3. The Morgan fingerprint density at radius 3 is 2.60 bits per heavy atom. The van der Waals surface area contributed by atoms with Crippen LogP contribution >= 0.6 is 28.3 Å². The Morgan fingerprint density at radius 1 is 1.30 bits per heavy atom. The van der Waals surface area contributed by atoms with E-state index in [9.17, 15) is 9.59 Å². The van der Waals surface area contributed by atoms with Crippen molar-refractivity contribution in [1.82, 2.24) is 16.0 Å². The summed E-state index contributed by atoms with van der Waals surface area (Å²) in [5, 5.41) is 8.31. The van der Waals surface area contributed by atoms with Crippen molar-refractivity contribution in [2.24, 2.45) is 0 Å². The summed E-state index contributed by atoms with van der Waals surface area (Å²) in [7, 11) is 1.83. The van der Waals surface area contributed by atoms with Gasteiger partial charge in [0, 0.05) is 22.6 Å². The fourth-order valence-corrected chi connectivity index (χ4v) is 1.72. The van der Waals surface area contributed by atoms with E-state index in [0.29, 0.717) is 12.1 Å². The molecule has 0 heterocycles. The van der Waals surface area contributed by atoms with Crippen LogP contribution in [0.25, 0.3) is 0 Å². The molecule has 1 unspecified atom stereocenters. The maximum Gasteiger partial charge on any atom is 0.251 e. The largest absolute Gasteiger partial charge is 0.353 e. The summed E-state index contributed by atoms with van der Waals surface area (Å²) >= 11 is 3.29. The first kappa shape index (κ1) is 18.9. The quantitative estimate of drug-likeness (QED) is 0.713. The normalized spacial score (nSPS) is 11.2. The number of benzene rings is 1. The van der Waals surface area contributed by atoms with Gasteiger partial charge in [-0.25, -0.2) is 0 Å². The lowest BCUT2D eigenvalue weighted by Gasteiger charge is -2.11. The first-order chi connectivity index (χ1) is 9.02. The fourth-order valence-electron chi connectivity index (χ4n) is 1.32. The lowest BCUT2D eigenvalue weighted by molar-refractivity contribution is -0.120. The molecule has 3 N–H and O–H groups in total. The Bertz CT molecular complexity index is 457. The van der Waals surface area contributed by atoms with Crippen LogP contribution in [0.3, 0.4) is 0 Å². The first-order valence-corrected chi connectivity index (χ1v) is 6.80. The molecule has 7 heteroatoms. The summed E-state index contributed by atoms with van der Waals surface area (Å²) in [6.45, 7) is 2.46. The number of carbonyl (C=O) groups excluding carboxylic acids is 2. The zero-order valence-electron chi connectivity index (χ0n) is 11.4. The summed E-state index contributed by atoms with van der Waals surface area (Å²) in [5.74, 6) is -0.469. The Morgan fingerprint density at radius 2 is 2.00 bits per heavy atom. The molecule has 112 valence electrons. The van der Waals surface area contributed by atoms with Crippen molar-refractivity contribution in [1.29, 1.82) is 0 Å². The molecule has 0 aliphatic rings. The molecule has 2 amide bonds. The van der Waals surface area contributed by atoms with E-state index in [1.165, 1.54) is 0 Å². The van der Waals surface area contributed by atoms with Crippen LogP contribution in [0, 0.1) is 0 Å². The predicted molar refractivity (Wildman–Crippen MR) is 85.3 cm³/mol. The monoisotopic (exact) mass is 363 g/mol. The van der Waals surface area contributed by atoms with Gasteiger partial charge in [0.15, 0.2) is 0 Å². The molecule has 1 rings (SSSR count). The second-order valence-corrected chi connectivity index (χ2v) is 5.10. The first-order valence-electron chi connectivity index (χ1n) is 6.00. The molecular weight excluding hydrogens is 346 g/mol. The highest BCUT2D eigenvalue weighted by atomic mass is 79.9. The standard InChI is InChI=1S/C13H18BrN3O2.ClH/c1-9(15-2)7-16-12(18)8-17-13(19)10-4-3-5-11(14)6-10;/h3-6,9,15H,7-8H2,1-2H3,(H,16,18)(H,17,19);1H. The van der Waals surface area contributed by atoms with Gasteiger partial charge in [-0.3, -0.25) is 9.59 Å². The summed E-state index contributed by atoms with van der Waals surface area (Å²) < 4.78 is 0.826. The van der Waals surface area contributed by atoms with E-state index < -0.39 is 0 Å². The molecule has 1 aromatic rings. The van der Waals surface area contributed by atoms with Crippen LogP contribution in [0.5, 0.6) is 0 Å². The van der Waals surface area contributed by atoms with Crippen molar-refractivity contribution in [3.63, 3.8) is 0 Å². The Labute approximate surface area is 133 Å². The van der Waals surface area contributed by atoms with Crippen molar-refractivity contribution < 1.29 is 9.59 Å². The maximum atomic E-state index is 11.8. The highest BCUT2D eigenvalue weighted by Gasteiger charge is 2.08. The fraction of sp³-hybridized carbons (Fsp3) is 0.385. The van der Waals surface area contributed by atoms with Gasteiger partial charge in [0.25, 0.3) is 5.91 Å². The maximum absolute atomic E-state index is 11.8. The molecule has 0 saturated heterocycles. The Balaban J connectivity index is 0.00000361. The number of carbonyl (C=O) groups is 2. The minimum atomic E-state index is -0.266. The molecule has 0 aromatic heterocycles. The molecule has 0 aliphatic heterocycles. The minimum absolute atomic E-state index is 0. The zero-order valence-corrected chi connectivity index (χ0v) is 13.8. The summed E-state index contributed by atoms with van der Waals surface area (Å²) in [4.78, 5) is 23.3. The third-order valence-electron chi connectivity index (χ3n) is 2.59. The summed E-state index contributed by atoms with van der Waals surface area (Å²) in [5.41, 5.74) is 0.519. The lowest BCUT2D eigenvalue weighted by Crippen LogP contribution is -2.42. The molecule has 5 nitrogen and oxygen atoms in total. The molecule has 0 spiro atoms. The zero-order chi connectivity index (χ0) is 14.3. The van der Waals surface area contributed by atoms with Crippen LogP contribution in [-0.2, 0) is 4.79 Å². The number of hydrogen-bond acceptors (Lipinski definition) is 3. The molecule has 1 aromatic carbocycles. The van der Waals surface area contributed by atoms with Gasteiger partial charge in [0.05, 0.1) is 6.54 Å². The van der Waals surface area contributed by atoms with Gasteiger partial charge >= 0.3 is 0 Å². The third-order valence-corrected chi connectivity index (χ3v) is 3.09. The van der Waals surface area contributed by atoms with Gasteiger partial charge in [-0.1, -0.05) is 22.0 Å². The SMILES string of the molecule is CNC(C)CNC(=O)CNC(=O)c1cccc(Br)c1.Cl. The number of halogens is 2. The predicted octanol–water partition coefficient (Wildman–Crippen LogP) is 1.32. The second-order valence-electron chi connectivity index (χ2n) is 4.19. The van der Waals surface area contributed by atoms with Crippen molar-refractivity contribution >= 4 is 40.2 Å². The molecule has 1 atom stereocenters. The number of likely N-dealkylation sites (N-methyl/N-ethyl adjacent to an activating group) is 1. The van der Waals surface area contributed by atoms with Crippen LogP contribution < -0.4 is 16.0 Å². The molecule has 0 fully saturated rings. The van der Waals surface area contributed by atoms with Gasteiger partial charge in [-0.05, 0) is 32.2 Å². The van der Waals surface area contributed by atoms with Crippen molar-refractivity contribution in [3.05, 3.63) is 34.3 Å². The molecule has 0 radical (unpaired) electrons. The van der Waals surface area contributed by atoms with Crippen molar-refractivity contribution in [2.45, 2.75) is 13.0 Å². The number of hydrogen-bond donors (Lipinski definition) is 3. The van der Waals surface area contributed by atoms with Crippen LogP contribution in [0.1, 0.15) is 17.3 Å². The lowest BCUT2D eigenvalue weighted by atomic mass is 10.2. The van der Waals surface area contributed by atoms with Crippen LogP contribution in [0.15, 0.2) is 28.7 Å². The van der Waals surface area contributed by atoms with Crippen molar-refractivity contribution in [2.75, 3.05) is 20.1 Å². The van der Waals surface area contributed by atoms with E-state index in [1.807, 2.05) is 20.0 Å². The second kappa shape index (κ2) is 9.74. The van der Waals surface area contributed by atoms with Gasteiger partial charge < -0.3 is 16.0 Å². The summed E-state index contributed by atoms with van der Waals surface area (Å²) in [6, 6.07) is 7.21. The van der Waals surface area contributed by atoms with E-state index in [4.69, 9.17) is 0 Å². The van der Waals surface area contributed by atoms with E-state index >= 15 is 0 Å². The van der Waals surface area contributed by atoms with Gasteiger partial charge in [0.2, 0.25) is 5.91 Å². The molecule has 20 heavy (non-hydrogen) atoms. The molecular formula is C13H19BrClN3O2. The van der Waals surface area contributed by atoms with E-state index in [2.05, 4.69) is 31.9 Å². The van der Waals surface area contributed by atoms with Crippen molar-refractivity contribution in [3.8, 4) is 0 Å². The highest BCUT2D eigenvalue weighted by Crippen LogP contribution is 2.11. The van der Waals surface area contributed by atoms with Crippen LogP contribution in [0.4, 0.5) is 0 Å². The highest BCUT2D eigenvalue weighted by molar-refractivity contribution is 9.10. The number of rotatable bonds is 6. The van der Waals surface area contributed by atoms with E-state index in [-0.39, 0.29) is 36.8 Å². The smallest absolute Gasteiger partial charge is 0.251 e. The minimum Gasteiger partial charge on any atom is -0.353 e. The topological polar surface area (TPSA) is 70.2 Å². The van der Waals surface area contributed by atoms with E-state index in [0.717, 1.165) is 4.47 Å². The average Bonchev–Trinajstić information content (AvgIpc) is 2.41. The summed E-state index contributed by atoms with van der Waals surface area (Å²) in [6.07, 6.45) is 0. The van der Waals surface area contributed by atoms with Gasteiger partial charge in [0.1, 0.15) is 0 Å². The Hall–Kier alpha value is -1.11. The molecule has 0 saturated carbocycles. The van der Waals surface area contributed by atoms with Gasteiger partial charge in [-0.15, -0.1) is 12.4 Å². The molecule has 0 bridgehead atoms. The van der Waals surface area contributed by atoms with Gasteiger partial charge in [-0.2, -0.15) is 0 Å².